The zero-order chi connectivity index (χ0) is 14.8. The highest BCUT2D eigenvalue weighted by Crippen LogP contribution is 2.23. The molecule has 3 nitrogen and oxygen atoms in total. The van der Waals surface area contributed by atoms with E-state index in [-0.39, 0.29) is 12.2 Å². The van der Waals surface area contributed by atoms with E-state index in [0.717, 1.165) is 25.7 Å². The Hall–Kier alpha value is -0.370. The van der Waals surface area contributed by atoms with Crippen LogP contribution in [0.1, 0.15) is 57.8 Å². The second-order valence-electron chi connectivity index (χ2n) is 4.52. The van der Waals surface area contributed by atoms with Crippen molar-refractivity contribution in [3.8, 4) is 0 Å². The Balaban J connectivity index is 3.24. The molecule has 0 amide bonds. The largest absolute Gasteiger partial charge is 0.389 e. The van der Waals surface area contributed by atoms with E-state index in [1.165, 1.54) is 0 Å². The minimum Gasteiger partial charge on any atom is -0.197 e. The lowest BCUT2D eigenvalue weighted by molar-refractivity contribution is -0.135. The van der Waals surface area contributed by atoms with E-state index in [1.54, 1.807) is 0 Å². The second-order valence-corrected chi connectivity index (χ2v) is 6.17. The van der Waals surface area contributed by atoms with E-state index >= 15 is 0 Å². The van der Waals surface area contributed by atoms with Crippen molar-refractivity contribution >= 4 is 10.1 Å². The van der Waals surface area contributed by atoms with Gasteiger partial charge in [0.05, 0.1) is 5.75 Å². The van der Waals surface area contributed by atoms with Crippen LogP contribution >= 0.6 is 0 Å². The molecule has 0 aliphatic heterocycles. The lowest BCUT2D eigenvalue weighted by Gasteiger charge is -2.05. The zero-order valence-electron chi connectivity index (χ0n) is 10.7. The summed E-state index contributed by atoms with van der Waals surface area (Å²) in [7, 11) is -4.01. The van der Waals surface area contributed by atoms with Crippen LogP contribution in [0.5, 0.6) is 0 Å². The lowest BCUT2D eigenvalue weighted by Crippen LogP contribution is -2.06. The first-order valence-corrected chi connectivity index (χ1v) is 7.94. The van der Waals surface area contributed by atoms with Gasteiger partial charge in [0.2, 0.25) is 0 Å². The quantitative estimate of drug-likeness (QED) is 0.422. The number of alkyl halides is 3. The van der Waals surface area contributed by atoms with E-state index in [2.05, 4.69) is 4.39 Å². The van der Waals surface area contributed by atoms with E-state index in [0.29, 0.717) is 19.3 Å². The molecule has 19 heavy (non-hydrogen) atoms. The molecular formula is C11H20F4O3S. The van der Waals surface area contributed by atoms with Crippen LogP contribution in [0.3, 0.4) is 0 Å². The molecule has 0 saturated heterocycles. The van der Waals surface area contributed by atoms with Crippen molar-refractivity contribution in [2.45, 2.75) is 64.0 Å². The highest BCUT2D eigenvalue weighted by atomic mass is 32.2. The molecule has 8 heteroatoms. The molecule has 0 N–H and O–H groups in total. The Labute approximate surface area is 111 Å². The number of hydrogen-bond acceptors (Lipinski definition) is 3. The van der Waals surface area contributed by atoms with E-state index < -0.39 is 22.7 Å². The predicted octanol–water partition coefficient (Wildman–Crippen LogP) is 4.29. The summed E-state index contributed by atoms with van der Waals surface area (Å²) >= 11 is 0. The molecule has 0 fully saturated rings. The average molecular weight is 308 g/mol. The van der Waals surface area contributed by atoms with Crippen LogP contribution in [0, 0.1) is 0 Å². The summed E-state index contributed by atoms with van der Waals surface area (Å²) in [6.07, 6.45) is 0.137. The molecule has 116 valence electrons. The third-order valence-electron chi connectivity index (χ3n) is 2.70. The van der Waals surface area contributed by atoms with Gasteiger partial charge in [0, 0.05) is 6.42 Å². The maximum Gasteiger partial charge on any atom is 0.389 e. The smallest absolute Gasteiger partial charge is 0.197 e. The molecular weight excluding hydrogens is 288 g/mol. The first-order valence-electron chi connectivity index (χ1n) is 6.36. The fraction of sp³-hybridized carbons (Fsp3) is 1.00. The molecule has 0 aromatic heterocycles. The van der Waals surface area contributed by atoms with Gasteiger partial charge in [-0.1, -0.05) is 42.9 Å². The van der Waals surface area contributed by atoms with Gasteiger partial charge in [0.1, 0.15) is 0 Å². The van der Waals surface area contributed by atoms with Gasteiger partial charge in [0.25, 0.3) is 10.1 Å². The topological polar surface area (TPSA) is 43.4 Å². The van der Waals surface area contributed by atoms with Gasteiger partial charge in [-0.3, -0.25) is 0 Å². The third kappa shape index (κ3) is 13.9. The Kier molecular flexibility index (Phi) is 9.34. The summed E-state index contributed by atoms with van der Waals surface area (Å²) in [5, 5.41) is 0. The van der Waals surface area contributed by atoms with E-state index in [9.17, 15) is 26.1 Å². The Morgan fingerprint density at radius 1 is 0.789 bits per heavy atom. The van der Waals surface area contributed by atoms with Gasteiger partial charge >= 0.3 is 6.18 Å². The minimum atomic E-state index is -4.07. The van der Waals surface area contributed by atoms with Crippen molar-refractivity contribution in [2.75, 3.05) is 5.75 Å². The molecule has 0 aliphatic carbocycles. The van der Waals surface area contributed by atoms with E-state index in [1.807, 2.05) is 0 Å². The Bertz CT molecular complexity index is 314. The van der Waals surface area contributed by atoms with Crippen molar-refractivity contribution in [3.05, 3.63) is 0 Å². The van der Waals surface area contributed by atoms with Crippen LogP contribution in [0.15, 0.2) is 0 Å². The average Bonchev–Trinajstić information content (AvgIpc) is 2.30. The van der Waals surface area contributed by atoms with Crippen LogP contribution in [-0.2, 0) is 14.5 Å². The molecule has 0 atom stereocenters. The molecule has 0 rings (SSSR count). The van der Waals surface area contributed by atoms with Gasteiger partial charge in [-0.15, -0.1) is 0 Å². The van der Waals surface area contributed by atoms with Crippen molar-refractivity contribution in [1.82, 2.24) is 0 Å². The summed E-state index contributed by atoms with van der Waals surface area (Å²) in [6, 6.07) is 0. The van der Waals surface area contributed by atoms with Gasteiger partial charge in [-0.2, -0.15) is 21.6 Å². The Morgan fingerprint density at radius 2 is 1.21 bits per heavy atom. The zero-order valence-corrected chi connectivity index (χ0v) is 11.5. The fourth-order valence-electron chi connectivity index (χ4n) is 1.70. The van der Waals surface area contributed by atoms with Gasteiger partial charge in [0.15, 0.2) is 0 Å². The van der Waals surface area contributed by atoms with Crippen LogP contribution < -0.4 is 0 Å². The standard InChI is InChI=1S/C11H20F4O3S/c12-11(13,14)9-7-5-3-1-2-4-6-8-10-19(16,17)18-15/h1-10H2. The van der Waals surface area contributed by atoms with Crippen LogP contribution in [0.25, 0.3) is 0 Å². The number of hydrogen-bond donors (Lipinski definition) is 0. The molecule has 0 radical (unpaired) electrons. The summed E-state index contributed by atoms with van der Waals surface area (Å²) in [4.78, 5) is 0. The number of rotatable bonds is 11. The van der Waals surface area contributed by atoms with Crippen LogP contribution in [-0.4, -0.2) is 20.3 Å². The SMILES string of the molecule is O=S(=O)(CCCCCCCCCCC(F)(F)F)OF. The summed E-state index contributed by atoms with van der Waals surface area (Å²) in [5.74, 6) is -0.338. The monoisotopic (exact) mass is 308 g/mol. The lowest BCUT2D eigenvalue weighted by atomic mass is 10.1. The van der Waals surface area contributed by atoms with Crippen LogP contribution in [0.4, 0.5) is 17.7 Å². The molecule has 0 aliphatic rings. The predicted molar refractivity (Wildman–Crippen MR) is 63.6 cm³/mol. The normalized spacial score (nSPS) is 12.8. The van der Waals surface area contributed by atoms with Gasteiger partial charge < -0.3 is 0 Å². The molecule has 0 unspecified atom stereocenters. The van der Waals surface area contributed by atoms with Crippen molar-refractivity contribution < 1.29 is 30.5 Å². The van der Waals surface area contributed by atoms with Crippen molar-refractivity contribution in [1.29, 1.82) is 0 Å². The third-order valence-corrected chi connectivity index (χ3v) is 3.68. The summed E-state index contributed by atoms with van der Waals surface area (Å²) in [6.45, 7) is 0. The number of unbranched alkanes of at least 4 members (excludes halogenated alkanes) is 7. The second kappa shape index (κ2) is 9.52. The molecule has 0 saturated carbocycles. The highest BCUT2D eigenvalue weighted by molar-refractivity contribution is 7.86. The molecule has 0 aromatic rings. The van der Waals surface area contributed by atoms with Gasteiger partial charge in [-0.25, -0.2) is 0 Å². The highest BCUT2D eigenvalue weighted by Gasteiger charge is 2.25. The molecule has 0 spiro atoms. The van der Waals surface area contributed by atoms with Gasteiger partial charge in [-0.05, 0) is 17.4 Å². The van der Waals surface area contributed by atoms with Crippen molar-refractivity contribution in [3.63, 3.8) is 0 Å². The fourth-order valence-corrected chi connectivity index (χ4v) is 2.32. The summed E-state index contributed by atoms with van der Waals surface area (Å²) < 4.78 is 70.9. The van der Waals surface area contributed by atoms with E-state index in [4.69, 9.17) is 0 Å². The van der Waals surface area contributed by atoms with Crippen LogP contribution in [0.2, 0.25) is 0 Å². The first-order chi connectivity index (χ1) is 8.77. The first kappa shape index (κ1) is 18.6. The van der Waals surface area contributed by atoms with Crippen molar-refractivity contribution in [2.24, 2.45) is 0 Å². The molecule has 0 bridgehead atoms. The molecule has 0 aromatic carbocycles. The molecule has 0 heterocycles. The summed E-state index contributed by atoms with van der Waals surface area (Å²) in [5.41, 5.74) is 0. The maximum absolute atomic E-state index is 11.8. The number of halogens is 4. The Morgan fingerprint density at radius 3 is 1.63 bits per heavy atom. The minimum absolute atomic E-state index is 0.162. The maximum atomic E-state index is 11.8.